The van der Waals surface area contributed by atoms with E-state index in [1.165, 1.54) is 0 Å². The molecule has 0 fully saturated rings. The highest BCUT2D eigenvalue weighted by Gasteiger charge is 2.25. The van der Waals surface area contributed by atoms with Crippen LogP contribution in [-0.2, 0) is 4.79 Å². The van der Waals surface area contributed by atoms with Gasteiger partial charge in [-0.15, -0.1) is 0 Å². The van der Waals surface area contributed by atoms with E-state index in [1.54, 1.807) is 44.2 Å². The molecule has 0 aliphatic rings. The van der Waals surface area contributed by atoms with E-state index >= 15 is 0 Å². The van der Waals surface area contributed by atoms with Crippen LogP contribution in [-0.4, -0.2) is 34.1 Å². The van der Waals surface area contributed by atoms with E-state index in [-0.39, 0.29) is 11.6 Å². The SMILES string of the molecule is CC(C)C(NC(=O)Nc1ccccc1)C(=O)NNC(=O)c1cc(-c2ccccc2)n[nH]1. The third-order valence-electron chi connectivity index (χ3n) is 4.46. The van der Waals surface area contributed by atoms with Crippen LogP contribution in [0.5, 0.6) is 0 Å². The quantitative estimate of drug-likeness (QED) is 0.393. The monoisotopic (exact) mass is 420 g/mol. The number of rotatable bonds is 6. The number of hydrogen-bond donors (Lipinski definition) is 5. The van der Waals surface area contributed by atoms with E-state index in [4.69, 9.17) is 0 Å². The first kappa shape index (κ1) is 21.6. The van der Waals surface area contributed by atoms with Crippen molar-refractivity contribution in [3.63, 3.8) is 0 Å². The Morgan fingerprint density at radius 3 is 2.19 bits per heavy atom. The van der Waals surface area contributed by atoms with Gasteiger partial charge in [0, 0.05) is 11.3 Å². The second-order valence-electron chi connectivity index (χ2n) is 7.16. The molecule has 0 saturated carbocycles. The van der Waals surface area contributed by atoms with Crippen molar-refractivity contribution in [2.24, 2.45) is 5.92 Å². The summed E-state index contributed by atoms with van der Waals surface area (Å²) in [5.74, 6) is -1.32. The van der Waals surface area contributed by atoms with Crippen LogP contribution >= 0.6 is 0 Å². The third-order valence-corrected chi connectivity index (χ3v) is 4.46. The van der Waals surface area contributed by atoms with Crippen LogP contribution in [0.15, 0.2) is 66.7 Å². The summed E-state index contributed by atoms with van der Waals surface area (Å²) in [5, 5.41) is 12.0. The van der Waals surface area contributed by atoms with Gasteiger partial charge in [-0.1, -0.05) is 62.4 Å². The van der Waals surface area contributed by atoms with Crippen LogP contribution in [0.1, 0.15) is 24.3 Å². The first-order chi connectivity index (χ1) is 14.9. The minimum absolute atomic E-state index is 0.190. The molecule has 4 amide bonds. The Hall–Kier alpha value is -4.14. The summed E-state index contributed by atoms with van der Waals surface area (Å²) in [5.41, 5.74) is 6.95. The average Bonchev–Trinajstić information content (AvgIpc) is 3.27. The second-order valence-corrected chi connectivity index (χ2v) is 7.16. The van der Waals surface area contributed by atoms with Crippen molar-refractivity contribution in [1.29, 1.82) is 0 Å². The minimum Gasteiger partial charge on any atom is -0.326 e. The largest absolute Gasteiger partial charge is 0.326 e. The second kappa shape index (κ2) is 10.1. The lowest BCUT2D eigenvalue weighted by Gasteiger charge is -2.22. The maximum atomic E-state index is 12.5. The van der Waals surface area contributed by atoms with Crippen LogP contribution in [0.25, 0.3) is 11.3 Å². The normalized spacial score (nSPS) is 11.5. The molecule has 9 heteroatoms. The van der Waals surface area contributed by atoms with Gasteiger partial charge in [0.2, 0.25) is 0 Å². The summed E-state index contributed by atoms with van der Waals surface area (Å²) in [6.07, 6.45) is 0. The number of benzene rings is 2. The molecule has 0 spiro atoms. The Kier molecular flexibility index (Phi) is 7.00. The van der Waals surface area contributed by atoms with Gasteiger partial charge in [-0.05, 0) is 24.1 Å². The number of hydrazine groups is 1. The predicted molar refractivity (Wildman–Crippen MR) is 117 cm³/mol. The Balaban J connectivity index is 1.55. The third kappa shape index (κ3) is 5.92. The zero-order valence-corrected chi connectivity index (χ0v) is 17.2. The van der Waals surface area contributed by atoms with E-state index in [1.807, 2.05) is 36.4 Å². The Morgan fingerprint density at radius 1 is 0.903 bits per heavy atom. The summed E-state index contributed by atoms with van der Waals surface area (Å²) in [4.78, 5) is 37.1. The number of urea groups is 1. The molecule has 0 radical (unpaired) electrons. The molecule has 0 bridgehead atoms. The van der Waals surface area contributed by atoms with E-state index in [0.29, 0.717) is 11.4 Å². The van der Waals surface area contributed by atoms with Gasteiger partial charge in [0.15, 0.2) is 0 Å². The molecular weight excluding hydrogens is 396 g/mol. The van der Waals surface area contributed by atoms with Crippen LogP contribution in [0.4, 0.5) is 10.5 Å². The number of nitrogens with one attached hydrogen (secondary N) is 5. The lowest BCUT2D eigenvalue weighted by Crippen LogP contribution is -2.55. The summed E-state index contributed by atoms with van der Waals surface area (Å²) in [6.45, 7) is 3.58. The van der Waals surface area contributed by atoms with E-state index in [9.17, 15) is 14.4 Å². The first-order valence-corrected chi connectivity index (χ1v) is 9.77. The molecule has 31 heavy (non-hydrogen) atoms. The number of hydrogen-bond acceptors (Lipinski definition) is 4. The number of carbonyl (C=O) groups excluding carboxylic acids is 3. The molecule has 9 nitrogen and oxygen atoms in total. The molecule has 3 aromatic rings. The molecule has 5 N–H and O–H groups in total. The van der Waals surface area contributed by atoms with Crippen molar-refractivity contribution in [1.82, 2.24) is 26.4 Å². The number of nitrogens with zero attached hydrogens (tertiary/aromatic N) is 1. The highest BCUT2D eigenvalue weighted by atomic mass is 16.2. The van der Waals surface area contributed by atoms with Crippen molar-refractivity contribution in [3.8, 4) is 11.3 Å². The van der Waals surface area contributed by atoms with E-state index < -0.39 is 23.9 Å². The van der Waals surface area contributed by atoms with Crippen LogP contribution in [0.2, 0.25) is 0 Å². The van der Waals surface area contributed by atoms with Gasteiger partial charge < -0.3 is 10.6 Å². The van der Waals surface area contributed by atoms with Crippen molar-refractivity contribution >= 4 is 23.5 Å². The van der Waals surface area contributed by atoms with Crippen molar-refractivity contribution in [2.75, 3.05) is 5.32 Å². The summed E-state index contributed by atoms with van der Waals surface area (Å²) in [6, 6.07) is 18.5. The standard InChI is InChI=1S/C22H24N6O3/c1-14(2)19(24-22(31)23-16-11-7-4-8-12-16)21(30)28-27-20(29)18-13-17(25-26-18)15-9-5-3-6-10-15/h3-14,19H,1-2H3,(H,25,26)(H,27,29)(H,28,30)(H2,23,24,31). The zero-order valence-electron chi connectivity index (χ0n) is 17.2. The zero-order chi connectivity index (χ0) is 22.2. The van der Waals surface area contributed by atoms with Crippen molar-refractivity contribution < 1.29 is 14.4 Å². The number of anilines is 1. The fourth-order valence-corrected chi connectivity index (χ4v) is 2.82. The van der Waals surface area contributed by atoms with Gasteiger partial charge in [0.1, 0.15) is 11.7 Å². The van der Waals surface area contributed by atoms with Crippen LogP contribution in [0, 0.1) is 5.92 Å². The summed E-state index contributed by atoms with van der Waals surface area (Å²) in [7, 11) is 0. The van der Waals surface area contributed by atoms with Crippen molar-refractivity contribution in [2.45, 2.75) is 19.9 Å². The molecular formula is C22H24N6O3. The maximum Gasteiger partial charge on any atom is 0.319 e. The molecule has 2 aromatic carbocycles. The molecule has 1 heterocycles. The first-order valence-electron chi connectivity index (χ1n) is 9.77. The van der Waals surface area contributed by atoms with Crippen molar-refractivity contribution in [3.05, 3.63) is 72.4 Å². The number of amides is 4. The lowest BCUT2D eigenvalue weighted by atomic mass is 10.0. The number of carbonyl (C=O) groups is 3. The van der Waals surface area contributed by atoms with Gasteiger partial charge >= 0.3 is 6.03 Å². The Bertz CT molecular complexity index is 1030. The topological polar surface area (TPSA) is 128 Å². The molecule has 0 saturated heterocycles. The van der Waals surface area contributed by atoms with Gasteiger partial charge in [0.25, 0.3) is 11.8 Å². The van der Waals surface area contributed by atoms with E-state index in [2.05, 4.69) is 31.7 Å². The average molecular weight is 420 g/mol. The highest BCUT2D eigenvalue weighted by Crippen LogP contribution is 2.16. The molecule has 160 valence electrons. The molecule has 3 rings (SSSR count). The number of aromatic amines is 1. The summed E-state index contributed by atoms with van der Waals surface area (Å²) >= 11 is 0. The number of aromatic nitrogens is 2. The Labute approximate surface area is 179 Å². The maximum absolute atomic E-state index is 12.5. The molecule has 0 aliphatic heterocycles. The fourth-order valence-electron chi connectivity index (χ4n) is 2.82. The number of para-hydroxylation sites is 1. The van der Waals surface area contributed by atoms with E-state index in [0.717, 1.165) is 5.56 Å². The molecule has 1 unspecified atom stereocenters. The summed E-state index contributed by atoms with van der Waals surface area (Å²) < 4.78 is 0. The molecule has 1 atom stereocenters. The predicted octanol–water partition coefficient (Wildman–Crippen LogP) is 2.68. The van der Waals surface area contributed by atoms with Gasteiger partial charge in [-0.3, -0.25) is 25.5 Å². The number of H-pyrrole nitrogens is 1. The Morgan fingerprint density at radius 2 is 1.55 bits per heavy atom. The highest BCUT2D eigenvalue weighted by molar-refractivity contribution is 5.97. The lowest BCUT2D eigenvalue weighted by molar-refractivity contribution is -0.124. The van der Waals surface area contributed by atoms with Gasteiger partial charge in [-0.2, -0.15) is 5.10 Å². The van der Waals surface area contributed by atoms with Gasteiger partial charge in [-0.25, -0.2) is 4.79 Å². The van der Waals surface area contributed by atoms with Crippen LogP contribution in [0.3, 0.4) is 0 Å². The smallest absolute Gasteiger partial charge is 0.319 e. The molecule has 1 aromatic heterocycles. The van der Waals surface area contributed by atoms with Gasteiger partial charge in [0.05, 0.1) is 5.69 Å². The van der Waals surface area contributed by atoms with Crippen LogP contribution < -0.4 is 21.5 Å². The fraction of sp³-hybridized carbons (Fsp3) is 0.182. The minimum atomic E-state index is -0.856. The molecule has 0 aliphatic carbocycles.